The number of carbonyl (C=O) groups is 1. The van der Waals surface area contributed by atoms with Gasteiger partial charge in [0.25, 0.3) is 5.91 Å². The molecule has 0 spiro atoms. The fourth-order valence-corrected chi connectivity index (χ4v) is 2.89. The van der Waals surface area contributed by atoms with Gasteiger partial charge in [-0.25, -0.2) is 4.99 Å². The number of benzene rings is 2. The first-order valence-electron chi connectivity index (χ1n) is 6.46. The van der Waals surface area contributed by atoms with Crippen molar-refractivity contribution in [3.8, 4) is 0 Å². The zero-order valence-electron chi connectivity index (χ0n) is 11.0. The zero-order chi connectivity index (χ0) is 14.1. The van der Waals surface area contributed by atoms with Gasteiger partial charge in [0.2, 0.25) is 0 Å². The van der Waals surface area contributed by atoms with E-state index in [4.69, 9.17) is 0 Å². The van der Waals surface area contributed by atoms with E-state index in [0.717, 1.165) is 20.5 Å². The number of carbonyl (C=O) groups excluding carboxylic acids is 1. The second-order valence-electron chi connectivity index (χ2n) is 4.51. The van der Waals surface area contributed by atoms with Crippen LogP contribution in [0.1, 0.15) is 12.5 Å². The summed E-state index contributed by atoms with van der Waals surface area (Å²) in [4.78, 5) is 18.8. The van der Waals surface area contributed by atoms with Crippen LogP contribution in [0.2, 0.25) is 0 Å². The maximum atomic E-state index is 12.5. The van der Waals surface area contributed by atoms with Gasteiger partial charge < -0.3 is 4.90 Å². The Balaban J connectivity index is 2.12. The average Bonchev–Trinajstić information content (AvgIpc) is 2.72. The highest BCUT2D eigenvalue weighted by Crippen LogP contribution is 2.30. The minimum Gasteiger partial charge on any atom is -0.307 e. The topological polar surface area (TPSA) is 32.7 Å². The minimum absolute atomic E-state index is 0.0208. The Kier molecular flexibility index (Phi) is 3.56. The van der Waals surface area contributed by atoms with Crippen LogP contribution in [0.25, 0.3) is 0 Å². The third kappa shape index (κ3) is 2.24. The summed E-state index contributed by atoms with van der Waals surface area (Å²) >= 11 is 2.24. The lowest BCUT2D eigenvalue weighted by Gasteiger charge is -2.12. The zero-order valence-corrected chi connectivity index (χ0v) is 13.2. The van der Waals surface area contributed by atoms with Gasteiger partial charge in [0.1, 0.15) is 5.71 Å². The second kappa shape index (κ2) is 5.36. The van der Waals surface area contributed by atoms with Crippen molar-refractivity contribution in [1.29, 1.82) is 0 Å². The highest BCUT2D eigenvalue weighted by molar-refractivity contribution is 14.1. The first-order valence-corrected chi connectivity index (χ1v) is 7.54. The van der Waals surface area contributed by atoms with Crippen molar-refractivity contribution in [2.75, 3.05) is 11.4 Å². The molecule has 100 valence electrons. The van der Waals surface area contributed by atoms with Crippen LogP contribution in [0.3, 0.4) is 0 Å². The Hall–Kier alpha value is -1.69. The number of hydrogen-bond acceptors (Lipinski definition) is 2. The van der Waals surface area contributed by atoms with Crippen LogP contribution >= 0.6 is 22.6 Å². The summed E-state index contributed by atoms with van der Waals surface area (Å²) in [5.74, 6) is -0.0208. The third-order valence-electron chi connectivity index (χ3n) is 3.26. The molecule has 4 heteroatoms. The lowest BCUT2D eigenvalue weighted by molar-refractivity contribution is -0.112. The van der Waals surface area contributed by atoms with E-state index in [0.29, 0.717) is 12.3 Å². The number of rotatable bonds is 2. The van der Waals surface area contributed by atoms with Gasteiger partial charge in [-0.2, -0.15) is 0 Å². The van der Waals surface area contributed by atoms with Gasteiger partial charge in [0.05, 0.1) is 11.4 Å². The van der Waals surface area contributed by atoms with E-state index in [1.54, 1.807) is 4.90 Å². The first kappa shape index (κ1) is 13.3. The minimum atomic E-state index is -0.0208. The molecule has 0 saturated carbocycles. The summed E-state index contributed by atoms with van der Waals surface area (Å²) in [7, 11) is 0. The average molecular weight is 376 g/mol. The maximum absolute atomic E-state index is 12.5. The molecule has 0 aliphatic carbocycles. The van der Waals surface area contributed by atoms with Crippen molar-refractivity contribution in [2.45, 2.75) is 6.92 Å². The van der Waals surface area contributed by atoms with Crippen LogP contribution in [0.5, 0.6) is 0 Å². The highest BCUT2D eigenvalue weighted by atomic mass is 127. The summed E-state index contributed by atoms with van der Waals surface area (Å²) in [5, 5.41) is 0. The molecule has 0 bridgehead atoms. The number of amides is 1. The summed E-state index contributed by atoms with van der Waals surface area (Å²) in [6.07, 6.45) is 0. The third-order valence-corrected chi connectivity index (χ3v) is 3.93. The predicted molar refractivity (Wildman–Crippen MR) is 89.8 cm³/mol. The number of anilines is 1. The number of halogens is 1. The van der Waals surface area contributed by atoms with Crippen molar-refractivity contribution in [2.24, 2.45) is 4.99 Å². The molecule has 20 heavy (non-hydrogen) atoms. The van der Waals surface area contributed by atoms with Crippen LogP contribution in [0, 0.1) is 3.57 Å². The summed E-state index contributed by atoms with van der Waals surface area (Å²) in [6, 6.07) is 15.6. The Bertz CT molecular complexity index is 709. The Morgan fingerprint density at radius 2 is 1.95 bits per heavy atom. The normalized spacial score (nSPS) is 15.8. The maximum Gasteiger partial charge on any atom is 0.277 e. The molecule has 1 aliphatic rings. The second-order valence-corrected chi connectivity index (χ2v) is 5.75. The molecule has 0 saturated heterocycles. The van der Waals surface area contributed by atoms with Crippen molar-refractivity contribution < 1.29 is 4.79 Å². The monoisotopic (exact) mass is 376 g/mol. The molecule has 0 unspecified atom stereocenters. The number of para-hydroxylation sites is 1. The quantitative estimate of drug-likeness (QED) is 0.735. The molecular formula is C16H13IN2O. The molecule has 1 aliphatic heterocycles. The van der Waals surface area contributed by atoms with Crippen molar-refractivity contribution >= 4 is 45.6 Å². The Labute approximate surface area is 131 Å². The fraction of sp³-hybridized carbons (Fsp3) is 0.125. The number of likely N-dealkylation sites (N-methyl/N-ethyl adjacent to an activating group) is 1. The SMILES string of the molecule is CCN1C(=O)C(=Nc2cccc(I)c2)c2ccccc21. The van der Waals surface area contributed by atoms with Gasteiger partial charge in [-0.15, -0.1) is 0 Å². The largest absolute Gasteiger partial charge is 0.307 e. The van der Waals surface area contributed by atoms with Crippen LogP contribution < -0.4 is 4.90 Å². The number of nitrogens with zero attached hydrogens (tertiary/aromatic N) is 2. The lowest BCUT2D eigenvalue weighted by Crippen LogP contribution is -2.29. The predicted octanol–water partition coefficient (Wildman–Crippen LogP) is 3.78. The van der Waals surface area contributed by atoms with Gasteiger partial charge in [-0.05, 0) is 53.8 Å². The van der Waals surface area contributed by atoms with Gasteiger partial charge in [-0.3, -0.25) is 4.79 Å². The van der Waals surface area contributed by atoms with E-state index >= 15 is 0 Å². The molecule has 0 fully saturated rings. The molecule has 3 rings (SSSR count). The Morgan fingerprint density at radius 1 is 1.15 bits per heavy atom. The summed E-state index contributed by atoms with van der Waals surface area (Å²) < 4.78 is 1.11. The van der Waals surface area contributed by atoms with Gasteiger partial charge >= 0.3 is 0 Å². The molecule has 2 aromatic carbocycles. The standard InChI is InChI=1S/C16H13IN2O/c1-2-19-14-9-4-3-8-13(14)15(16(19)20)18-12-7-5-6-11(17)10-12/h3-10H,2H2,1H3. The van der Waals surface area contributed by atoms with Crippen molar-refractivity contribution in [3.63, 3.8) is 0 Å². The Morgan fingerprint density at radius 3 is 2.70 bits per heavy atom. The molecular weight excluding hydrogens is 363 g/mol. The lowest BCUT2D eigenvalue weighted by atomic mass is 10.1. The van der Waals surface area contributed by atoms with E-state index < -0.39 is 0 Å². The van der Waals surface area contributed by atoms with Gasteiger partial charge in [0, 0.05) is 15.7 Å². The van der Waals surface area contributed by atoms with Crippen molar-refractivity contribution in [3.05, 3.63) is 57.7 Å². The van der Waals surface area contributed by atoms with E-state index in [-0.39, 0.29) is 5.91 Å². The van der Waals surface area contributed by atoms with E-state index in [1.165, 1.54) is 0 Å². The van der Waals surface area contributed by atoms with Gasteiger partial charge in [0.15, 0.2) is 0 Å². The molecule has 3 nitrogen and oxygen atoms in total. The van der Waals surface area contributed by atoms with Crippen LogP contribution in [0.15, 0.2) is 53.5 Å². The molecule has 0 radical (unpaired) electrons. The molecule has 2 aromatic rings. The highest BCUT2D eigenvalue weighted by Gasteiger charge is 2.32. The summed E-state index contributed by atoms with van der Waals surface area (Å²) in [6.45, 7) is 2.63. The molecule has 0 N–H and O–H groups in total. The number of hydrogen-bond donors (Lipinski definition) is 0. The molecule has 0 atom stereocenters. The molecule has 1 heterocycles. The molecule has 1 amide bonds. The van der Waals surface area contributed by atoms with Gasteiger partial charge in [-0.1, -0.05) is 24.3 Å². The van der Waals surface area contributed by atoms with Crippen molar-refractivity contribution in [1.82, 2.24) is 0 Å². The van der Waals surface area contributed by atoms with E-state index in [1.807, 2.05) is 55.5 Å². The van der Waals surface area contributed by atoms with Crippen LogP contribution in [-0.2, 0) is 4.79 Å². The number of aliphatic imine (C=N–C) groups is 1. The fourth-order valence-electron chi connectivity index (χ4n) is 2.36. The number of fused-ring (bicyclic) bond motifs is 1. The van der Waals surface area contributed by atoms with Crippen LogP contribution in [-0.4, -0.2) is 18.2 Å². The van der Waals surface area contributed by atoms with E-state index in [2.05, 4.69) is 27.6 Å². The smallest absolute Gasteiger partial charge is 0.277 e. The van der Waals surface area contributed by atoms with E-state index in [9.17, 15) is 4.79 Å². The summed E-state index contributed by atoms with van der Waals surface area (Å²) in [5.41, 5.74) is 3.21. The molecule has 0 aromatic heterocycles. The first-order chi connectivity index (χ1) is 9.70. The van der Waals surface area contributed by atoms with Crippen LogP contribution in [0.4, 0.5) is 11.4 Å².